The molecule has 0 aliphatic rings. The summed E-state index contributed by atoms with van der Waals surface area (Å²) in [5.74, 6) is -0.00608. The van der Waals surface area contributed by atoms with Gasteiger partial charge in [-0.1, -0.05) is 63.2 Å². The van der Waals surface area contributed by atoms with Crippen LogP contribution in [0.4, 0.5) is 13.2 Å². The van der Waals surface area contributed by atoms with Crippen LogP contribution in [0, 0.1) is 17.2 Å². The molecule has 0 aliphatic carbocycles. The van der Waals surface area contributed by atoms with Gasteiger partial charge in [0.05, 0.1) is 17.0 Å². The van der Waals surface area contributed by atoms with Crippen LogP contribution in [-0.4, -0.2) is 18.0 Å². The van der Waals surface area contributed by atoms with Crippen LogP contribution < -0.4 is 0 Å². The predicted octanol–water partition coefficient (Wildman–Crippen LogP) is 6.43. The number of rotatable bonds is 9. The molecule has 0 N–H and O–H groups in total. The Kier molecular flexibility index (Phi) is 7.87. The molecular weight excluding hydrogens is 373 g/mol. The number of hydrogen-bond donors (Lipinski definition) is 0. The van der Waals surface area contributed by atoms with Gasteiger partial charge in [0.1, 0.15) is 0 Å². The van der Waals surface area contributed by atoms with Gasteiger partial charge >= 0.3 is 6.18 Å². The van der Waals surface area contributed by atoms with Crippen LogP contribution >= 0.6 is 0 Å². The average Bonchev–Trinajstić information content (AvgIpc) is 2.70. The van der Waals surface area contributed by atoms with Crippen molar-refractivity contribution in [2.75, 3.05) is 13.1 Å². The lowest BCUT2D eigenvalue weighted by Gasteiger charge is -2.32. The molecule has 0 spiro atoms. The van der Waals surface area contributed by atoms with Crippen LogP contribution in [0.5, 0.6) is 0 Å². The summed E-state index contributed by atoms with van der Waals surface area (Å²) in [6.45, 7) is 8.61. The second kappa shape index (κ2) is 9.93. The van der Waals surface area contributed by atoms with Gasteiger partial charge in [-0.05, 0) is 55.1 Å². The van der Waals surface area contributed by atoms with Crippen molar-refractivity contribution in [3.63, 3.8) is 0 Å². The van der Waals surface area contributed by atoms with E-state index >= 15 is 0 Å². The Morgan fingerprint density at radius 2 is 1.55 bits per heavy atom. The largest absolute Gasteiger partial charge is 0.416 e. The second-order valence-corrected chi connectivity index (χ2v) is 7.77. The van der Waals surface area contributed by atoms with Gasteiger partial charge < -0.3 is 0 Å². The minimum atomic E-state index is -4.37. The summed E-state index contributed by atoms with van der Waals surface area (Å²) >= 11 is 0. The van der Waals surface area contributed by atoms with Gasteiger partial charge in [0.2, 0.25) is 0 Å². The Balaban J connectivity index is 2.11. The number of nitriles is 1. The highest BCUT2D eigenvalue weighted by molar-refractivity contribution is 5.36. The van der Waals surface area contributed by atoms with Crippen molar-refractivity contribution in [3.8, 4) is 6.07 Å². The molecule has 1 unspecified atom stereocenters. The fraction of sp³-hybridized carbons (Fsp3) is 0.458. The van der Waals surface area contributed by atoms with Crippen molar-refractivity contribution in [2.45, 2.75) is 51.7 Å². The number of nitrogens with zero attached hydrogens (tertiary/aromatic N) is 2. The molecule has 0 heterocycles. The van der Waals surface area contributed by atoms with E-state index in [1.807, 2.05) is 32.0 Å². The van der Waals surface area contributed by atoms with Crippen LogP contribution in [0.1, 0.15) is 50.3 Å². The highest BCUT2D eigenvalue weighted by Crippen LogP contribution is 2.38. The third-order valence-corrected chi connectivity index (χ3v) is 5.65. The number of benzene rings is 2. The third kappa shape index (κ3) is 5.83. The fourth-order valence-corrected chi connectivity index (χ4v) is 3.74. The lowest BCUT2D eigenvalue weighted by Crippen LogP contribution is -2.33. The zero-order valence-electron chi connectivity index (χ0n) is 17.3. The minimum Gasteiger partial charge on any atom is -0.299 e. The van der Waals surface area contributed by atoms with Gasteiger partial charge in [-0.15, -0.1) is 0 Å². The minimum absolute atomic E-state index is 0.00608. The van der Waals surface area contributed by atoms with Crippen LogP contribution in [-0.2, 0) is 18.1 Å². The van der Waals surface area contributed by atoms with Crippen LogP contribution in [0.2, 0.25) is 0 Å². The SMILES string of the molecule is CCN(CCCC(C#N)(c1ccc(C(F)(F)F)cc1)C(C)C)Cc1ccccc1. The highest BCUT2D eigenvalue weighted by atomic mass is 19.4. The van der Waals surface area contributed by atoms with Gasteiger partial charge in [-0.2, -0.15) is 18.4 Å². The van der Waals surface area contributed by atoms with Gasteiger partial charge in [0.25, 0.3) is 0 Å². The molecule has 0 radical (unpaired) electrons. The number of halogens is 3. The van der Waals surface area contributed by atoms with E-state index in [1.54, 1.807) is 0 Å². The summed E-state index contributed by atoms with van der Waals surface area (Å²) in [4.78, 5) is 2.32. The fourth-order valence-electron chi connectivity index (χ4n) is 3.74. The summed E-state index contributed by atoms with van der Waals surface area (Å²) in [6.07, 6.45) is -2.96. The normalized spacial score (nSPS) is 14.0. The first-order valence-electron chi connectivity index (χ1n) is 10.1. The number of hydrogen-bond acceptors (Lipinski definition) is 2. The molecule has 156 valence electrons. The van der Waals surface area contributed by atoms with Crippen molar-refractivity contribution < 1.29 is 13.2 Å². The molecule has 29 heavy (non-hydrogen) atoms. The second-order valence-electron chi connectivity index (χ2n) is 7.77. The van der Waals surface area contributed by atoms with E-state index in [0.29, 0.717) is 12.0 Å². The molecule has 2 rings (SSSR count). The first-order chi connectivity index (χ1) is 13.7. The van der Waals surface area contributed by atoms with Gasteiger partial charge in [-0.3, -0.25) is 4.90 Å². The topological polar surface area (TPSA) is 27.0 Å². The Hall–Kier alpha value is -2.32. The first-order valence-corrected chi connectivity index (χ1v) is 10.1. The molecule has 0 fully saturated rings. The molecule has 0 amide bonds. The molecule has 2 aromatic carbocycles. The Labute approximate surface area is 172 Å². The first kappa shape index (κ1) is 23.0. The van der Waals surface area contributed by atoms with Gasteiger partial charge in [0.15, 0.2) is 0 Å². The van der Waals surface area contributed by atoms with Gasteiger partial charge in [-0.25, -0.2) is 0 Å². The zero-order chi connectivity index (χ0) is 21.5. The van der Waals surface area contributed by atoms with E-state index in [9.17, 15) is 18.4 Å². The summed E-state index contributed by atoms with van der Waals surface area (Å²) in [5, 5.41) is 10.0. The maximum absolute atomic E-state index is 12.9. The van der Waals surface area contributed by atoms with Crippen LogP contribution in [0.15, 0.2) is 54.6 Å². The average molecular weight is 403 g/mol. The monoisotopic (exact) mass is 402 g/mol. The van der Waals surface area contributed by atoms with E-state index in [4.69, 9.17) is 0 Å². The molecular formula is C24H29F3N2. The van der Waals surface area contributed by atoms with E-state index in [0.717, 1.165) is 38.2 Å². The molecule has 0 bridgehead atoms. The molecule has 0 aromatic heterocycles. The quantitative estimate of drug-likeness (QED) is 0.483. The van der Waals surface area contributed by atoms with Crippen molar-refractivity contribution in [1.29, 1.82) is 5.26 Å². The lowest BCUT2D eigenvalue weighted by molar-refractivity contribution is -0.137. The molecule has 0 aliphatic heterocycles. The van der Waals surface area contributed by atoms with E-state index in [2.05, 4.69) is 30.0 Å². The summed E-state index contributed by atoms with van der Waals surface area (Å²) in [6, 6.07) is 17.8. The van der Waals surface area contributed by atoms with Crippen molar-refractivity contribution >= 4 is 0 Å². The standard InChI is InChI=1S/C24H29F3N2/c1-4-29(17-20-9-6-5-7-10-20)16-8-15-23(18-28,19(2)3)21-11-13-22(14-12-21)24(25,26)27/h5-7,9-14,19H,4,8,15-17H2,1-3H3. The van der Waals surface area contributed by atoms with Crippen LogP contribution in [0.25, 0.3) is 0 Å². The highest BCUT2D eigenvalue weighted by Gasteiger charge is 2.37. The Morgan fingerprint density at radius 1 is 0.966 bits per heavy atom. The van der Waals surface area contributed by atoms with Crippen molar-refractivity contribution in [2.24, 2.45) is 5.92 Å². The predicted molar refractivity (Wildman–Crippen MR) is 110 cm³/mol. The number of alkyl halides is 3. The molecule has 5 heteroatoms. The maximum atomic E-state index is 12.9. The molecule has 0 saturated heterocycles. The molecule has 2 aromatic rings. The summed E-state index contributed by atoms with van der Waals surface area (Å²) < 4.78 is 38.7. The Bertz CT molecular complexity index is 792. The third-order valence-electron chi connectivity index (χ3n) is 5.65. The smallest absolute Gasteiger partial charge is 0.299 e. The summed E-state index contributed by atoms with van der Waals surface area (Å²) in [7, 11) is 0. The lowest BCUT2D eigenvalue weighted by atomic mass is 9.69. The van der Waals surface area contributed by atoms with E-state index in [-0.39, 0.29) is 5.92 Å². The molecule has 1 atom stereocenters. The summed E-state index contributed by atoms with van der Waals surface area (Å²) in [5.41, 5.74) is 0.425. The zero-order valence-corrected chi connectivity index (χ0v) is 17.3. The molecule has 0 saturated carbocycles. The van der Waals surface area contributed by atoms with Crippen molar-refractivity contribution in [3.05, 3.63) is 71.3 Å². The Morgan fingerprint density at radius 3 is 2.03 bits per heavy atom. The van der Waals surface area contributed by atoms with Gasteiger partial charge in [0, 0.05) is 6.54 Å². The van der Waals surface area contributed by atoms with Crippen molar-refractivity contribution in [1.82, 2.24) is 4.90 Å². The molecule has 2 nitrogen and oxygen atoms in total. The van der Waals surface area contributed by atoms with E-state index in [1.165, 1.54) is 17.7 Å². The maximum Gasteiger partial charge on any atom is 0.416 e. The van der Waals surface area contributed by atoms with Crippen LogP contribution in [0.3, 0.4) is 0 Å². The van der Waals surface area contributed by atoms with E-state index < -0.39 is 17.2 Å².